The first-order valence-corrected chi connectivity index (χ1v) is 6.72. The van der Waals surface area contributed by atoms with Gasteiger partial charge in [0.2, 0.25) is 5.91 Å². The van der Waals surface area contributed by atoms with Crippen molar-refractivity contribution in [2.24, 2.45) is 5.73 Å². The highest BCUT2D eigenvalue weighted by atomic mass is 16.5. The summed E-state index contributed by atoms with van der Waals surface area (Å²) in [5, 5.41) is 0. The van der Waals surface area contributed by atoms with Crippen LogP contribution in [-0.4, -0.2) is 42.0 Å². The fourth-order valence-electron chi connectivity index (χ4n) is 2.82. The number of methoxy groups -OCH3 is 1. The molecule has 1 aliphatic carbocycles. The summed E-state index contributed by atoms with van der Waals surface area (Å²) < 4.78 is 4.78. The Labute approximate surface area is 108 Å². The number of piperidine rings is 1. The Balaban J connectivity index is 1.99. The van der Waals surface area contributed by atoms with Crippen LogP contribution in [0.5, 0.6) is 0 Å². The molecule has 1 atom stereocenters. The van der Waals surface area contributed by atoms with Gasteiger partial charge >= 0.3 is 5.97 Å². The number of carbonyl (C=O) groups is 2. The zero-order valence-corrected chi connectivity index (χ0v) is 11.0. The second-order valence-electron chi connectivity index (χ2n) is 5.51. The van der Waals surface area contributed by atoms with Crippen LogP contribution < -0.4 is 5.73 Å². The molecule has 1 saturated heterocycles. The fourth-order valence-corrected chi connectivity index (χ4v) is 2.82. The molecule has 1 unspecified atom stereocenters. The van der Waals surface area contributed by atoms with Gasteiger partial charge in [0.1, 0.15) is 6.04 Å². The average molecular weight is 254 g/mol. The molecule has 18 heavy (non-hydrogen) atoms. The second-order valence-corrected chi connectivity index (χ2v) is 5.51. The van der Waals surface area contributed by atoms with Crippen LogP contribution in [0, 0.1) is 0 Å². The third-order valence-electron chi connectivity index (χ3n) is 4.15. The summed E-state index contributed by atoms with van der Waals surface area (Å²) in [6.07, 6.45) is 5.92. The van der Waals surface area contributed by atoms with Crippen molar-refractivity contribution in [3.8, 4) is 0 Å². The van der Waals surface area contributed by atoms with Crippen molar-refractivity contribution in [1.29, 1.82) is 0 Å². The van der Waals surface area contributed by atoms with E-state index in [9.17, 15) is 9.59 Å². The topological polar surface area (TPSA) is 72.6 Å². The highest BCUT2D eigenvalue weighted by Crippen LogP contribution is 2.33. The van der Waals surface area contributed by atoms with E-state index < -0.39 is 6.04 Å². The Hall–Kier alpha value is -1.10. The molecule has 0 aromatic carbocycles. The minimum Gasteiger partial charge on any atom is -0.467 e. The number of nitrogens with zero attached hydrogens (tertiary/aromatic N) is 1. The molecule has 2 N–H and O–H groups in total. The van der Waals surface area contributed by atoms with Gasteiger partial charge in [-0.05, 0) is 38.5 Å². The van der Waals surface area contributed by atoms with Crippen LogP contribution in [0.2, 0.25) is 0 Å². The molecule has 0 aromatic heterocycles. The lowest BCUT2D eigenvalue weighted by Crippen LogP contribution is -2.54. The molecule has 0 radical (unpaired) electrons. The number of rotatable bonds is 3. The van der Waals surface area contributed by atoms with Crippen molar-refractivity contribution in [3.05, 3.63) is 0 Å². The van der Waals surface area contributed by atoms with E-state index in [1.54, 1.807) is 4.90 Å². The zero-order chi connectivity index (χ0) is 13.2. The molecule has 5 heteroatoms. The van der Waals surface area contributed by atoms with Crippen molar-refractivity contribution in [2.75, 3.05) is 13.7 Å². The summed E-state index contributed by atoms with van der Waals surface area (Å²) in [5.41, 5.74) is 5.78. The molecule has 0 spiro atoms. The SMILES string of the molecule is COC(=O)C1CCCCN1C(=O)CC1(N)CCC1. The molecular formula is C13H22N2O3. The summed E-state index contributed by atoms with van der Waals surface area (Å²) in [6.45, 7) is 0.648. The lowest BCUT2D eigenvalue weighted by molar-refractivity contribution is -0.155. The summed E-state index contributed by atoms with van der Waals surface area (Å²) >= 11 is 0. The van der Waals surface area contributed by atoms with Crippen LogP contribution in [0.3, 0.4) is 0 Å². The Kier molecular flexibility index (Phi) is 3.90. The predicted octanol–water partition coefficient (Wildman–Crippen LogP) is 0.812. The molecule has 0 bridgehead atoms. The van der Waals surface area contributed by atoms with Crippen molar-refractivity contribution in [1.82, 2.24) is 4.90 Å². The molecule has 1 aliphatic heterocycles. The average Bonchev–Trinajstić information content (AvgIpc) is 2.36. The monoisotopic (exact) mass is 254 g/mol. The highest BCUT2D eigenvalue weighted by Gasteiger charge is 2.39. The predicted molar refractivity (Wildman–Crippen MR) is 66.8 cm³/mol. The Morgan fingerprint density at radius 3 is 2.61 bits per heavy atom. The molecule has 5 nitrogen and oxygen atoms in total. The zero-order valence-electron chi connectivity index (χ0n) is 11.0. The second kappa shape index (κ2) is 5.26. The molecule has 2 rings (SSSR count). The van der Waals surface area contributed by atoms with Crippen molar-refractivity contribution >= 4 is 11.9 Å². The molecule has 2 aliphatic rings. The summed E-state index contributed by atoms with van der Waals surface area (Å²) in [6, 6.07) is -0.403. The van der Waals surface area contributed by atoms with Crippen LogP contribution >= 0.6 is 0 Å². The summed E-state index contributed by atoms with van der Waals surface area (Å²) in [5.74, 6) is -0.296. The smallest absolute Gasteiger partial charge is 0.328 e. The molecule has 1 saturated carbocycles. The number of likely N-dealkylation sites (tertiary alicyclic amines) is 1. The maximum absolute atomic E-state index is 12.3. The van der Waals surface area contributed by atoms with Crippen LogP contribution in [0.25, 0.3) is 0 Å². The molecule has 102 valence electrons. The van der Waals surface area contributed by atoms with Crippen molar-refractivity contribution in [3.63, 3.8) is 0 Å². The van der Waals surface area contributed by atoms with Crippen LogP contribution in [0.15, 0.2) is 0 Å². The lowest BCUT2D eigenvalue weighted by atomic mass is 9.75. The Bertz CT molecular complexity index is 339. The minimum absolute atomic E-state index is 0.00676. The van der Waals surface area contributed by atoms with E-state index in [-0.39, 0.29) is 17.4 Å². The number of ether oxygens (including phenoxy) is 1. The van der Waals surface area contributed by atoms with Crippen molar-refractivity contribution < 1.29 is 14.3 Å². The first-order chi connectivity index (χ1) is 8.56. The molecule has 0 aromatic rings. The van der Waals surface area contributed by atoms with Crippen LogP contribution in [0.4, 0.5) is 0 Å². The summed E-state index contributed by atoms with van der Waals surface area (Å²) in [4.78, 5) is 25.6. The van der Waals surface area contributed by atoms with Crippen LogP contribution in [-0.2, 0) is 14.3 Å². The molecule has 2 fully saturated rings. The number of carbonyl (C=O) groups excluding carboxylic acids is 2. The van der Waals surface area contributed by atoms with Gasteiger partial charge in [0.15, 0.2) is 0 Å². The van der Waals surface area contributed by atoms with Gasteiger partial charge in [-0.3, -0.25) is 4.79 Å². The number of hydrogen-bond donors (Lipinski definition) is 1. The first-order valence-electron chi connectivity index (χ1n) is 6.72. The Morgan fingerprint density at radius 2 is 2.06 bits per heavy atom. The fraction of sp³-hybridized carbons (Fsp3) is 0.846. The van der Waals surface area contributed by atoms with Crippen LogP contribution in [0.1, 0.15) is 44.9 Å². The quantitative estimate of drug-likeness (QED) is 0.756. The molecule has 1 amide bonds. The van der Waals surface area contributed by atoms with Gasteiger partial charge in [0.05, 0.1) is 7.11 Å². The highest BCUT2D eigenvalue weighted by molar-refractivity contribution is 5.85. The molecular weight excluding hydrogens is 232 g/mol. The number of nitrogens with two attached hydrogens (primary N) is 1. The van der Waals surface area contributed by atoms with E-state index in [0.717, 1.165) is 32.1 Å². The van der Waals surface area contributed by atoms with E-state index in [1.807, 2.05) is 0 Å². The van der Waals surface area contributed by atoms with Gasteiger partial charge in [0, 0.05) is 18.5 Å². The maximum atomic E-state index is 12.3. The van der Waals surface area contributed by atoms with E-state index in [2.05, 4.69) is 0 Å². The first kappa shape index (κ1) is 13.3. The van der Waals surface area contributed by atoms with Crippen molar-refractivity contribution in [2.45, 2.75) is 56.5 Å². The Morgan fingerprint density at radius 1 is 1.33 bits per heavy atom. The normalized spacial score (nSPS) is 26.3. The number of esters is 1. The third-order valence-corrected chi connectivity index (χ3v) is 4.15. The lowest BCUT2D eigenvalue weighted by Gasteiger charge is -2.41. The van der Waals surface area contributed by atoms with E-state index in [0.29, 0.717) is 19.4 Å². The van der Waals surface area contributed by atoms with Gasteiger partial charge in [-0.15, -0.1) is 0 Å². The largest absolute Gasteiger partial charge is 0.467 e. The van der Waals surface area contributed by atoms with Gasteiger partial charge in [-0.25, -0.2) is 4.79 Å². The number of hydrogen-bond acceptors (Lipinski definition) is 4. The standard InChI is InChI=1S/C13H22N2O3/c1-18-12(17)10-5-2-3-8-15(10)11(16)9-13(14)6-4-7-13/h10H,2-9,14H2,1H3. The molecule has 1 heterocycles. The van der Waals surface area contributed by atoms with E-state index >= 15 is 0 Å². The third kappa shape index (κ3) is 2.66. The maximum Gasteiger partial charge on any atom is 0.328 e. The minimum atomic E-state index is -0.403. The van der Waals surface area contributed by atoms with Gasteiger partial charge in [-0.1, -0.05) is 0 Å². The van der Waals surface area contributed by atoms with Gasteiger partial charge in [0.25, 0.3) is 0 Å². The van der Waals surface area contributed by atoms with Gasteiger partial charge < -0.3 is 15.4 Å². The van der Waals surface area contributed by atoms with E-state index in [1.165, 1.54) is 7.11 Å². The summed E-state index contributed by atoms with van der Waals surface area (Å²) in [7, 11) is 1.37. The van der Waals surface area contributed by atoms with Gasteiger partial charge in [-0.2, -0.15) is 0 Å². The number of amides is 1. The van der Waals surface area contributed by atoms with E-state index in [4.69, 9.17) is 10.5 Å².